The fourth-order valence-corrected chi connectivity index (χ4v) is 1.71. The molecule has 1 aromatic carbocycles. The van der Waals surface area contributed by atoms with Crippen molar-refractivity contribution in [2.24, 2.45) is 0 Å². The average Bonchev–Trinajstić information content (AvgIpc) is 2.96. The highest BCUT2D eigenvalue weighted by Crippen LogP contribution is 2.20. The normalized spacial score (nSPS) is 10.7. The number of H-pyrrole nitrogens is 1. The van der Waals surface area contributed by atoms with E-state index in [0.29, 0.717) is 5.58 Å². The molecule has 1 amide bonds. The van der Waals surface area contributed by atoms with Crippen LogP contribution in [0.15, 0.2) is 35.0 Å². The monoisotopic (exact) mass is 242 g/mol. The number of aromatic nitrogens is 3. The quantitative estimate of drug-likeness (QED) is 0.720. The summed E-state index contributed by atoms with van der Waals surface area (Å²) >= 11 is 0. The summed E-state index contributed by atoms with van der Waals surface area (Å²) in [6.45, 7) is 1.99. The van der Waals surface area contributed by atoms with Gasteiger partial charge in [-0.05, 0) is 25.1 Å². The molecular formula is C12H10N4O2. The number of amides is 1. The Bertz CT molecular complexity index is 700. The van der Waals surface area contributed by atoms with Crippen LogP contribution in [0, 0.1) is 6.92 Å². The van der Waals surface area contributed by atoms with Crippen LogP contribution in [0.2, 0.25) is 0 Å². The van der Waals surface area contributed by atoms with Gasteiger partial charge in [-0.15, -0.1) is 0 Å². The number of carbonyl (C=O) groups excluding carboxylic acids is 1. The summed E-state index contributed by atoms with van der Waals surface area (Å²) in [5.41, 5.74) is 1.80. The zero-order chi connectivity index (χ0) is 12.5. The molecule has 0 saturated carbocycles. The first-order valence-electron chi connectivity index (χ1n) is 5.39. The molecule has 0 unspecified atom stereocenters. The summed E-state index contributed by atoms with van der Waals surface area (Å²) in [7, 11) is 0. The number of aromatic amines is 1. The van der Waals surface area contributed by atoms with E-state index < -0.39 is 0 Å². The third-order valence-corrected chi connectivity index (χ3v) is 2.54. The van der Waals surface area contributed by atoms with E-state index in [9.17, 15) is 4.79 Å². The van der Waals surface area contributed by atoms with Crippen LogP contribution in [0.4, 0.5) is 5.95 Å². The molecule has 0 aliphatic heterocycles. The predicted octanol–water partition coefficient (Wildman–Crippen LogP) is 2.11. The molecule has 90 valence electrons. The molecule has 0 radical (unpaired) electrons. The molecule has 2 aromatic heterocycles. The Hall–Kier alpha value is -2.63. The maximum Gasteiger partial charge on any atom is 0.293 e. The van der Waals surface area contributed by atoms with Gasteiger partial charge in [0, 0.05) is 5.39 Å². The molecule has 0 atom stereocenters. The molecule has 0 aliphatic rings. The number of nitrogens with zero attached hydrogens (tertiary/aromatic N) is 2. The lowest BCUT2D eigenvalue weighted by Gasteiger charge is -1.96. The summed E-state index contributed by atoms with van der Waals surface area (Å²) < 4.78 is 5.46. The van der Waals surface area contributed by atoms with Gasteiger partial charge in [0.15, 0.2) is 5.76 Å². The van der Waals surface area contributed by atoms with E-state index >= 15 is 0 Å². The summed E-state index contributed by atoms with van der Waals surface area (Å²) in [4.78, 5) is 15.7. The first kappa shape index (κ1) is 10.5. The lowest BCUT2D eigenvalue weighted by atomic mass is 10.2. The van der Waals surface area contributed by atoms with Crippen molar-refractivity contribution in [2.75, 3.05) is 5.32 Å². The summed E-state index contributed by atoms with van der Waals surface area (Å²) in [6.07, 6.45) is 1.32. The molecule has 2 heterocycles. The zero-order valence-corrected chi connectivity index (χ0v) is 9.60. The Morgan fingerprint density at radius 3 is 3.06 bits per heavy atom. The first-order valence-corrected chi connectivity index (χ1v) is 5.39. The van der Waals surface area contributed by atoms with E-state index in [0.717, 1.165) is 10.9 Å². The number of furan rings is 1. The van der Waals surface area contributed by atoms with Gasteiger partial charge in [0.2, 0.25) is 5.95 Å². The molecule has 3 aromatic rings. The van der Waals surface area contributed by atoms with Crippen LogP contribution in [0.5, 0.6) is 0 Å². The molecular weight excluding hydrogens is 232 g/mol. The Labute approximate surface area is 102 Å². The van der Waals surface area contributed by atoms with Crippen molar-refractivity contribution in [3.05, 3.63) is 41.9 Å². The highest BCUT2D eigenvalue weighted by molar-refractivity contribution is 6.03. The van der Waals surface area contributed by atoms with Crippen molar-refractivity contribution < 1.29 is 9.21 Å². The fraction of sp³-hybridized carbons (Fsp3) is 0.0833. The first-order chi connectivity index (χ1) is 8.72. The van der Waals surface area contributed by atoms with E-state index in [2.05, 4.69) is 20.5 Å². The predicted molar refractivity (Wildman–Crippen MR) is 65.3 cm³/mol. The molecule has 0 fully saturated rings. The summed E-state index contributed by atoms with van der Waals surface area (Å²) in [6, 6.07) is 7.44. The number of rotatable bonds is 2. The SMILES string of the molecule is Cc1ccc2oc(C(=O)Nc3ncn[nH]3)cc2c1. The molecule has 3 rings (SSSR count). The molecule has 0 saturated heterocycles. The van der Waals surface area contributed by atoms with Crippen LogP contribution in [0.1, 0.15) is 16.1 Å². The third-order valence-electron chi connectivity index (χ3n) is 2.54. The van der Waals surface area contributed by atoms with E-state index in [-0.39, 0.29) is 17.6 Å². The van der Waals surface area contributed by atoms with Gasteiger partial charge in [-0.2, -0.15) is 10.1 Å². The standard InChI is InChI=1S/C12H10N4O2/c1-7-2-3-9-8(4-7)5-10(18-9)11(17)15-12-13-6-14-16-12/h2-6H,1H3,(H2,13,14,15,16,17). The number of carbonyl (C=O) groups is 1. The lowest BCUT2D eigenvalue weighted by molar-refractivity contribution is 0.0998. The van der Waals surface area contributed by atoms with Crippen LogP contribution in [0.25, 0.3) is 11.0 Å². The smallest absolute Gasteiger partial charge is 0.293 e. The van der Waals surface area contributed by atoms with Gasteiger partial charge in [0.05, 0.1) is 0 Å². The summed E-state index contributed by atoms with van der Waals surface area (Å²) in [5, 5.41) is 9.64. The van der Waals surface area contributed by atoms with Gasteiger partial charge in [-0.25, -0.2) is 5.10 Å². The number of benzene rings is 1. The average molecular weight is 242 g/mol. The van der Waals surface area contributed by atoms with Gasteiger partial charge in [-0.1, -0.05) is 11.6 Å². The Morgan fingerprint density at radius 1 is 1.39 bits per heavy atom. The van der Waals surface area contributed by atoms with Crippen LogP contribution in [0.3, 0.4) is 0 Å². The van der Waals surface area contributed by atoms with Crippen molar-refractivity contribution in [1.29, 1.82) is 0 Å². The topological polar surface area (TPSA) is 83.8 Å². The van der Waals surface area contributed by atoms with Crippen molar-refractivity contribution in [3.63, 3.8) is 0 Å². The minimum atomic E-state index is -0.361. The van der Waals surface area contributed by atoms with E-state index in [1.165, 1.54) is 6.33 Å². The van der Waals surface area contributed by atoms with Crippen LogP contribution < -0.4 is 5.32 Å². The molecule has 2 N–H and O–H groups in total. The second kappa shape index (κ2) is 3.99. The second-order valence-electron chi connectivity index (χ2n) is 3.94. The number of hydrogen-bond acceptors (Lipinski definition) is 4. The van der Waals surface area contributed by atoms with Gasteiger partial charge >= 0.3 is 0 Å². The second-order valence-corrected chi connectivity index (χ2v) is 3.94. The molecule has 6 heteroatoms. The van der Waals surface area contributed by atoms with Gasteiger partial charge < -0.3 is 4.42 Å². The van der Waals surface area contributed by atoms with Crippen LogP contribution in [-0.2, 0) is 0 Å². The van der Waals surface area contributed by atoms with Crippen LogP contribution in [-0.4, -0.2) is 21.1 Å². The Balaban J connectivity index is 1.92. The van der Waals surface area contributed by atoms with Crippen LogP contribution >= 0.6 is 0 Å². The molecule has 6 nitrogen and oxygen atoms in total. The number of nitrogens with one attached hydrogen (secondary N) is 2. The number of aryl methyl sites for hydroxylation is 1. The van der Waals surface area contributed by atoms with E-state index in [4.69, 9.17) is 4.42 Å². The minimum Gasteiger partial charge on any atom is -0.451 e. The number of fused-ring (bicyclic) bond motifs is 1. The summed E-state index contributed by atoms with van der Waals surface area (Å²) in [5.74, 6) is 0.171. The largest absolute Gasteiger partial charge is 0.451 e. The Kier molecular flexibility index (Phi) is 2.33. The van der Waals surface area contributed by atoms with E-state index in [1.54, 1.807) is 6.07 Å². The lowest BCUT2D eigenvalue weighted by Crippen LogP contribution is -2.11. The van der Waals surface area contributed by atoms with Crippen molar-refractivity contribution in [2.45, 2.75) is 6.92 Å². The van der Waals surface area contributed by atoms with Crippen molar-refractivity contribution in [3.8, 4) is 0 Å². The minimum absolute atomic E-state index is 0.243. The molecule has 18 heavy (non-hydrogen) atoms. The van der Waals surface area contributed by atoms with Crippen molar-refractivity contribution in [1.82, 2.24) is 15.2 Å². The molecule has 0 aliphatic carbocycles. The maximum atomic E-state index is 11.9. The van der Waals surface area contributed by atoms with Gasteiger partial charge in [0.25, 0.3) is 5.91 Å². The van der Waals surface area contributed by atoms with Gasteiger partial charge in [0.1, 0.15) is 11.9 Å². The number of anilines is 1. The molecule has 0 bridgehead atoms. The Morgan fingerprint density at radius 2 is 2.28 bits per heavy atom. The number of hydrogen-bond donors (Lipinski definition) is 2. The third kappa shape index (κ3) is 1.84. The van der Waals surface area contributed by atoms with E-state index in [1.807, 2.05) is 25.1 Å². The maximum absolute atomic E-state index is 11.9. The van der Waals surface area contributed by atoms with Crippen molar-refractivity contribution >= 4 is 22.8 Å². The highest BCUT2D eigenvalue weighted by atomic mass is 16.3. The van der Waals surface area contributed by atoms with Gasteiger partial charge in [-0.3, -0.25) is 10.1 Å². The fourth-order valence-electron chi connectivity index (χ4n) is 1.71. The zero-order valence-electron chi connectivity index (χ0n) is 9.60. The molecule has 0 spiro atoms. The highest BCUT2D eigenvalue weighted by Gasteiger charge is 2.13.